The number of benzene rings is 2. The Balaban J connectivity index is 2.11. The Labute approximate surface area is 141 Å². The van der Waals surface area contributed by atoms with E-state index >= 15 is 0 Å². The zero-order valence-electron chi connectivity index (χ0n) is 10.4. The molecule has 21 heavy (non-hydrogen) atoms. The average molecular weight is 362 g/mol. The van der Waals surface area contributed by atoms with Gasteiger partial charge >= 0.3 is 5.97 Å². The molecular weight excluding hydrogens is 354 g/mol. The van der Waals surface area contributed by atoms with Crippen LogP contribution in [0.25, 0.3) is 6.08 Å². The Hall–Kier alpha value is -1.19. The van der Waals surface area contributed by atoms with E-state index in [9.17, 15) is 4.79 Å². The van der Waals surface area contributed by atoms with Crippen molar-refractivity contribution in [3.63, 3.8) is 0 Å². The zero-order valence-corrected chi connectivity index (χ0v) is 13.5. The van der Waals surface area contributed by atoms with Crippen LogP contribution in [0, 0.1) is 0 Å². The van der Waals surface area contributed by atoms with Gasteiger partial charge < -0.3 is 4.74 Å². The lowest BCUT2D eigenvalue weighted by molar-refractivity contribution is -0.128. The van der Waals surface area contributed by atoms with Crippen LogP contribution in [0.5, 0.6) is 5.75 Å². The van der Waals surface area contributed by atoms with Crippen molar-refractivity contribution in [1.82, 2.24) is 0 Å². The Morgan fingerprint density at radius 3 is 2.48 bits per heavy atom. The smallest absolute Gasteiger partial charge is 0.336 e. The first-order valence-electron chi connectivity index (χ1n) is 5.76. The molecule has 2 aromatic carbocycles. The van der Waals surface area contributed by atoms with Gasteiger partial charge in [0.2, 0.25) is 0 Å². The maximum atomic E-state index is 11.7. The minimum atomic E-state index is -0.592. The molecule has 0 bridgehead atoms. The van der Waals surface area contributed by atoms with Gasteiger partial charge in [-0.1, -0.05) is 58.5 Å². The van der Waals surface area contributed by atoms with Crippen molar-refractivity contribution in [3.05, 3.63) is 68.1 Å². The number of halogens is 4. The van der Waals surface area contributed by atoms with E-state index in [0.29, 0.717) is 20.6 Å². The second-order valence-electron chi connectivity index (χ2n) is 3.97. The van der Waals surface area contributed by atoms with Gasteiger partial charge in [0, 0.05) is 16.1 Å². The second kappa shape index (κ2) is 7.19. The number of carbonyl (C=O) groups excluding carboxylic acids is 1. The molecule has 0 aliphatic rings. The van der Waals surface area contributed by atoms with Crippen molar-refractivity contribution in [2.24, 2.45) is 0 Å². The molecule has 0 heterocycles. The van der Waals surface area contributed by atoms with E-state index in [1.807, 2.05) is 0 Å². The fourth-order valence-corrected chi connectivity index (χ4v) is 2.30. The molecule has 0 unspecified atom stereocenters. The summed E-state index contributed by atoms with van der Waals surface area (Å²) in [4.78, 5) is 11.7. The third-order valence-corrected chi connectivity index (χ3v) is 3.85. The lowest BCUT2D eigenvalue weighted by Gasteiger charge is -2.04. The summed E-state index contributed by atoms with van der Waals surface area (Å²) in [5, 5.41) is 1.45. The molecule has 0 saturated heterocycles. The number of rotatable bonds is 3. The van der Waals surface area contributed by atoms with E-state index < -0.39 is 5.97 Å². The van der Waals surface area contributed by atoms with Gasteiger partial charge in [0.05, 0.1) is 5.02 Å². The molecule has 0 N–H and O–H groups in total. The average Bonchev–Trinajstić information content (AvgIpc) is 2.43. The van der Waals surface area contributed by atoms with Crippen LogP contribution < -0.4 is 4.74 Å². The first-order chi connectivity index (χ1) is 9.97. The summed E-state index contributed by atoms with van der Waals surface area (Å²) >= 11 is 23.5. The van der Waals surface area contributed by atoms with Crippen LogP contribution in [0.3, 0.4) is 0 Å². The van der Waals surface area contributed by atoms with Crippen LogP contribution in [0.1, 0.15) is 5.56 Å². The lowest BCUT2D eigenvalue weighted by Crippen LogP contribution is -2.04. The van der Waals surface area contributed by atoms with Gasteiger partial charge in [0.15, 0.2) is 5.75 Å². The van der Waals surface area contributed by atoms with Gasteiger partial charge in [-0.3, -0.25) is 0 Å². The molecule has 108 valence electrons. The molecular formula is C15H8Cl4O2. The molecule has 0 radical (unpaired) electrons. The predicted octanol–water partition coefficient (Wildman–Crippen LogP) is 5.92. The van der Waals surface area contributed by atoms with Crippen LogP contribution in [0.4, 0.5) is 0 Å². The highest BCUT2D eigenvalue weighted by Crippen LogP contribution is 2.31. The second-order valence-corrected chi connectivity index (χ2v) is 5.60. The van der Waals surface area contributed by atoms with E-state index in [1.54, 1.807) is 36.4 Å². The number of esters is 1. The van der Waals surface area contributed by atoms with Crippen molar-refractivity contribution in [3.8, 4) is 5.75 Å². The molecule has 0 aliphatic carbocycles. The van der Waals surface area contributed by atoms with Crippen LogP contribution >= 0.6 is 46.4 Å². The number of ether oxygens (including phenoxy) is 1. The topological polar surface area (TPSA) is 26.3 Å². The molecule has 0 amide bonds. The van der Waals surface area contributed by atoms with Gasteiger partial charge in [-0.25, -0.2) is 4.79 Å². The van der Waals surface area contributed by atoms with E-state index in [2.05, 4.69) is 0 Å². The summed E-state index contributed by atoms with van der Waals surface area (Å²) in [6.07, 6.45) is 2.77. The molecule has 2 nitrogen and oxygen atoms in total. The largest absolute Gasteiger partial charge is 0.422 e. The van der Waals surface area contributed by atoms with E-state index in [4.69, 9.17) is 51.1 Å². The molecule has 0 aliphatic heterocycles. The maximum absolute atomic E-state index is 11.7. The van der Waals surface area contributed by atoms with Crippen LogP contribution in [0.15, 0.2) is 42.5 Å². The highest BCUT2D eigenvalue weighted by Gasteiger charge is 2.08. The van der Waals surface area contributed by atoms with Crippen LogP contribution in [-0.2, 0) is 4.79 Å². The first kappa shape index (κ1) is 16.2. The van der Waals surface area contributed by atoms with Gasteiger partial charge in [0.1, 0.15) is 5.02 Å². The van der Waals surface area contributed by atoms with Gasteiger partial charge in [0.25, 0.3) is 0 Å². The van der Waals surface area contributed by atoms with E-state index in [1.165, 1.54) is 12.2 Å². The van der Waals surface area contributed by atoms with Gasteiger partial charge in [-0.05, 0) is 35.9 Å². The molecule has 0 saturated carbocycles. The summed E-state index contributed by atoms with van der Waals surface area (Å²) in [6, 6.07) is 9.74. The number of carbonyl (C=O) groups is 1. The molecule has 6 heteroatoms. The number of hydrogen-bond acceptors (Lipinski definition) is 2. The van der Waals surface area contributed by atoms with Crippen molar-refractivity contribution in [2.75, 3.05) is 0 Å². The number of hydrogen-bond donors (Lipinski definition) is 0. The first-order valence-corrected chi connectivity index (χ1v) is 7.27. The standard InChI is InChI=1S/C15H8Cl4O2/c16-10-6-4-9(12(18)8-10)5-7-14(20)21-13-3-1-2-11(17)15(13)19/h1-8H. The summed E-state index contributed by atoms with van der Waals surface area (Å²) in [5.41, 5.74) is 0.648. The summed E-state index contributed by atoms with van der Waals surface area (Å²) in [6.45, 7) is 0. The molecule has 0 fully saturated rings. The van der Waals surface area contributed by atoms with Crippen molar-refractivity contribution in [2.45, 2.75) is 0 Å². The molecule has 0 aromatic heterocycles. The maximum Gasteiger partial charge on any atom is 0.336 e. The van der Waals surface area contributed by atoms with E-state index in [0.717, 1.165) is 0 Å². The highest BCUT2D eigenvalue weighted by molar-refractivity contribution is 6.43. The summed E-state index contributed by atoms with van der Waals surface area (Å²) in [5.74, 6) is -0.397. The minimum Gasteiger partial charge on any atom is -0.422 e. The summed E-state index contributed by atoms with van der Waals surface area (Å²) < 4.78 is 5.10. The zero-order chi connectivity index (χ0) is 15.4. The predicted molar refractivity (Wildman–Crippen MR) is 87.6 cm³/mol. The van der Waals surface area contributed by atoms with Crippen LogP contribution in [0.2, 0.25) is 20.1 Å². The quantitative estimate of drug-likeness (QED) is 0.385. The molecule has 0 atom stereocenters. The third-order valence-electron chi connectivity index (χ3n) is 2.49. The van der Waals surface area contributed by atoms with Gasteiger partial charge in [-0.2, -0.15) is 0 Å². The molecule has 2 aromatic rings. The SMILES string of the molecule is O=C(C=Cc1ccc(Cl)cc1Cl)Oc1cccc(Cl)c1Cl. The lowest BCUT2D eigenvalue weighted by atomic mass is 10.2. The molecule has 0 spiro atoms. The van der Waals surface area contributed by atoms with E-state index in [-0.39, 0.29) is 10.8 Å². The summed E-state index contributed by atoms with van der Waals surface area (Å²) in [7, 11) is 0. The van der Waals surface area contributed by atoms with Crippen LogP contribution in [-0.4, -0.2) is 5.97 Å². The Bertz CT molecular complexity index is 711. The fraction of sp³-hybridized carbons (Fsp3) is 0. The third kappa shape index (κ3) is 4.39. The Morgan fingerprint density at radius 2 is 1.76 bits per heavy atom. The highest BCUT2D eigenvalue weighted by atomic mass is 35.5. The minimum absolute atomic E-state index is 0.186. The van der Waals surface area contributed by atoms with Crippen molar-refractivity contribution >= 4 is 58.4 Å². The van der Waals surface area contributed by atoms with Gasteiger partial charge in [-0.15, -0.1) is 0 Å². The molecule has 2 rings (SSSR count). The fourth-order valence-electron chi connectivity index (χ4n) is 1.50. The normalized spacial score (nSPS) is 10.9. The Kier molecular flexibility index (Phi) is 5.54. The van der Waals surface area contributed by atoms with Crippen molar-refractivity contribution < 1.29 is 9.53 Å². The Morgan fingerprint density at radius 1 is 1.00 bits per heavy atom. The monoisotopic (exact) mass is 360 g/mol. The van der Waals surface area contributed by atoms with Crippen molar-refractivity contribution in [1.29, 1.82) is 0 Å².